The molecule has 2 rings (SSSR count). The lowest BCUT2D eigenvalue weighted by molar-refractivity contribution is 0.0632. The molecule has 20 heavy (non-hydrogen) atoms. The first kappa shape index (κ1) is 15.8. The Bertz CT molecular complexity index is 528. The molecule has 0 atom stereocenters. The van der Waals surface area contributed by atoms with Gasteiger partial charge in [0.15, 0.2) is 0 Å². The van der Waals surface area contributed by atoms with E-state index in [0.29, 0.717) is 30.5 Å². The minimum absolute atomic E-state index is 0.0122. The molecule has 0 aromatic carbocycles. The van der Waals surface area contributed by atoms with Crippen LogP contribution in [0.2, 0.25) is 0 Å². The van der Waals surface area contributed by atoms with E-state index in [1.807, 2.05) is 11.5 Å². The molecule has 0 unspecified atom stereocenters. The molecule has 114 valence electrons. The lowest BCUT2D eigenvalue weighted by Crippen LogP contribution is -2.40. The molecule has 0 saturated carbocycles. The van der Waals surface area contributed by atoms with E-state index in [1.165, 1.54) is 4.31 Å². The molecule has 0 bridgehead atoms. The van der Waals surface area contributed by atoms with Crippen LogP contribution in [0.25, 0.3) is 0 Å². The van der Waals surface area contributed by atoms with Gasteiger partial charge in [-0.05, 0) is 25.8 Å². The SMILES string of the molecule is CCn1cc(S(=O)(=O)N(C)C2CCOCC2)cc1CCl. The molecule has 5 nitrogen and oxygen atoms in total. The fourth-order valence-corrected chi connectivity index (χ4v) is 4.19. The number of nitrogens with zero attached hydrogens (tertiary/aromatic N) is 2. The molecule has 1 aromatic heterocycles. The summed E-state index contributed by atoms with van der Waals surface area (Å²) in [6.45, 7) is 3.91. The fourth-order valence-electron chi connectivity index (χ4n) is 2.48. The third-order valence-corrected chi connectivity index (χ3v) is 5.97. The van der Waals surface area contributed by atoms with Crippen molar-refractivity contribution in [1.29, 1.82) is 0 Å². The number of hydrogen-bond acceptors (Lipinski definition) is 3. The zero-order valence-corrected chi connectivity index (χ0v) is 13.5. The van der Waals surface area contributed by atoms with Crippen molar-refractivity contribution >= 4 is 21.6 Å². The van der Waals surface area contributed by atoms with E-state index >= 15 is 0 Å². The molecule has 0 N–H and O–H groups in total. The van der Waals surface area contributed by atoms with Crippen LogP contribution in [0.4, 0.5) is 0 Å². The largest absolute Gasteiger partial charge is 0.381 e. The summed E-state index contributed by atoms with van der Waals surface area (Å²) < 4.78 is 33.9. The third kappa shape index (κ3) is 3.03. The molecule has 1 saturated heterocycles. The van der Waals surface area contributed by atoms with Crippen LogP contribution in [0.3, 0.4) is 0 Å². The summed E-state index contributed by atoms with van der Waals surface area (Å²) >= 11 is 5.86. The molecular weight excluding hydrogens is 300 g/mol. The Labute approximate surface area is 125 Å². The second-order valence-electron chi connectivity index (χ2n) is 4.95. The van der Waals surface area contributed by atoms with Gasteiger partial charge in [-0.1, -0.05) is 0 Å². The van der Waals surface area contributed by atoms with E-state index in [4.69, 9.17) is 16.3 Å². The maximum atomic E-state index is 12.7. The van der Waals surface area contributed by atoms with E-state index in [9.17, 15) is 8.42 Å². The molecule has 1 aliphatic rings. The smallest absolute Gasteiger partial charge is 0.244 e. The molecule has 7 heteroatoms. The number of alkyl halides is 1. The molecule has 0 spiro atoms. The number of hydrogen-bond donors (Lipinski definition) is 0. The minimum atomic E-state index is -3.46. The molecule has 0 amide bonds. The Kier molecular flexibility index (Phi) is 5.12. The van der Waals surface area contributed by atoms with Crippen LogP contribution in [0, 0.1) is 0 Å². The highest BCUT2D eigenvalue weighted by Gasteiger charge is 2.30. The lowest BCUT2D eigenvalue weighted by Gasteiger charge is -2.30. The first-order valence-corrected chi connectivity index (χ1v) is 8.79. The lowest BCUT2D eigenvalue weighted by atomic mass is 10.1. The molecule has 0 radical (unpaired) electrons. The van der Waals surface area contributed by atoms with Crippen molar-refractivity contribution < 1.29 is 13.2 Å². The van der Waals surface area contributed by atoms with Crippen molar-refractivity contribution in [3.63, 3.8) is 0 Å². The Morgan fingerprint density at radius 2 is 2.10 bits per heavy atom. The fraction of sp³-hybridized carbons (Fsp3) is 0.692. The van der Waals surface area contributed by atoms with Crippen LogP contribution in [0.5, 0.6) is 0 Å². The van der Waals surface area contributed by atoms with E-state index in [-0.39, 0.29) is 6.04 Å². The Morgan fingerprint density at radius 1 is 1.45 bits per heavy atom. The van der Waals surface area contributed by atoms with Crippen LogP contribution in [0.1, 0.15) is 25.5 Å². The van der Waals surface area contributed by atoms with Gasteiger partial charge in [0, 0.05) is 44.7 Å². The number of sulfonamides is 1. The van der Waals surface area contributed by atoms with Crippen molar-refractivity contribution in [2.24, 2.45) is 0 Å². The van der Waals surface area contributed by atoms with E-state index in [1.54, 1.807) is 19.3 Å². The van der Waals surface area contributed by atoms with Crippen molar-refractivity contribution in [2.75, 3.05) is 20.3 Å². The second-order valence-corrected chi connectivity index (χ2v) is 7.22. The molecule has 0 aliphatic carbocycles. The Morgan fingerprint density at radius 3 is 2.60 bits per heavy atom. The second kappa shape index (κ2) is 6.47. The highest BCUT2D eigenvalue weighted by molar-refractivity contribution is 7.89. The highest BCUT2D eigenvalue weighted by Crippen LogP contribution is 2.24. The predicted octanol–water partition coefficient (Wildman–Crippen LogP) is 2.05. The van der Waals surface area contributed by atoms with Gasteiger partial charge in [0.1, 0.15) is 4.90 Å². The predicted molar refractivity (Wildman–Crippen MR) is 78.5 cm³/mol. The number of rotatable bonds is 5. The van der Waals surface area contributed by atoms with Crippen LogP contribution < -0.4 is 0 Å². The van der Waals surface area contributed by atoms with Crippen molar-refractivity contribution in [3.05, 3.63) is 18.0 Å². The Hall–Kier alpha value is -0.560. The topological polar surface area (TPSA) is 51.5 Å². The van der Waals surface area contributed by atoms with E-state index < -0.39 is 10.0 Å². The third-order valence-electron chi connectivity index (χ3n) is 3.82. The number of aromatic nitrogens is 1. The summed E-state index contributed by atoms with van der Waals surface area (Å²) in [5.41, 5.74) is 0.827. The maximum absolute atomic E-state index is 12.7. The zero-order valence-electron chi connectivity index (χ0n) is 11.9. The summed E-state index contributed by atoms with van der Waals surface area (Å²) in [6, 6.07) is 1.68. The maximum Gasteiger partial charge on any atom is 0.244 e. The van der Waals surface area contributed by atoms with Gasteiger partial charge < -0.3 is 9.30 Å². The number of ether oxygens (including phenoxy) is 1. The summed E-state index contributed by atoms with van der Waals surface area (Å²) in [5.74, 6) is 0.310. The van der Waals surface area contributed by atoms with Crippen molar-refractivity contribution in [1.82, 2.24) is 8.87 Å². The summed E-state index contributed by atoms with van der Waals surface area (Å²) in [5, 5.41) is 0. The standard InChI is InChI=1S/C13H21ClN2O3S/c1-3-16-10-13(8-12(16)9-14)20(17,18)15(2)11-4-6-19-7-5-11/h8,10-11H,3-7,9H2,1-2H3. The minimum Gasteiger partial charge on any atom is -0.381 e. The number of halogens is 1. The zero-order chi connectivity index (χ0) is 14.8. The summed E-state index contributed by atoms with van der Waals surface area (Å²) in [7, 11) is -1.81. The van der Waals surface area contributed by atoms with Crippen molar-refractivity contribution in [3.8, 4) is 0 Å². The monoisotopic (exact) mass is 320 g/mol. The van der Waals surface area contributed by atoms with Crippen LogP contribution >= 0.6 is 11.6 Å². The quantitative estimate of drug-likeness (QED) is 0.780. The van der Waals surface area contributed by atoms with Gasteiger partial charge in [-0.2, -0.15) is 4.31 Å². The molecular formula is C13H21ClN2O3S. The summed E-state index contributed by atoms with van der Waals surface area (Å²) in [4.78, 5) is 0.323. The van der Waals surface area contributed by atoms with Gasteiger partial charge in [-0.3, -0.25) is 0 Å². The van der Waals surface area contributed by atoms with Crippen LogP contribution in [0.15, 0.2) is 17.2 Å². The van der Waals surface area contributed by atoms with Gasteiger partial charge in [-0.15, -0.1) is 11.6 Å². The Balaban J connectivity index is 2.26. The number of aryl methyl sites for hydroxylation is 1. The molecule has 1 aromatic rings. The highest BCUT2D eigenvalue weighted by atomic mass is 35.5. The van der Waals surface area contributed by atoms with E-state index in [0.717, 1.165) is 18.5 Å². The molecule has 1 fully saturated rings. The van der Waals surface area contributed by atoms with Gasteiger partial charge in [0.05, 0.1) is 5.88 Å². The van der Waals surface area contributed by atoms with Gasteiger partial charge in [-0.25, -0.2) is 8.42 Å². The van der Waals surface area contributed by atoms with Gasteiger partial charge in [0.2, 0.25) is 10.0 Å². The van der Waals surface area contributed by atoms with E-state index in [2.05, 4.69) is 0 Å². The average Bonchev–Trinajstić information content (AvgIpc) is 2.91. The van der Waals surface area contributed by atoms with Crippen LogP contribution in [-0.2, 0) is 27.2 Å². The van der Waals surface area contributed by atoms with Crippen molar-refractivity contribution in [2.45, 2.75) is 43.1 Å². The van der Waals surface area contributed by atoms with Gasteiger partial charge >= 0.3 is 0 Å². The van der Waals surface area contributed by atoms with Crippen LogP contribution in [-0.4, -0.2) is 43.6 Å². The molecule has 1 aliphatic heterocycles. The first-order valence-electron chi connectivity index (χ1n) is 6.81. The van der Waals surface area contributed by atoms with Gasteiger partial charge in [0.25, 0.3) is 0 Å². The summed E-state index contributed by atoms with van der Waals surface area (Å²) in [6.07, 6.45) is 3.15. The molecule has 2 heterocycles. The average molecular weight is 321 g/mol. The normalized spacial score (nSPS) is 17.8. The first-order chi connectivity index (χ1) is 9.50.